The van der Waals surface area contributed by atoms with Crippen LogP contribution in [-0.4, -0.2) is 14.5 Å². The molecular weight excluding hydrogens is 328 g/mol. The predicted octanol–water partition coefficient (Wildman–Crippen LogP) is 2.48. The van der Waals surface area contributed by atoms with E-state index < -0.39 is 11.2 Å². The van der Waals surface area contributed by atoms with Gasteiger partial charge in [-0.05, 0) is 48.6 Å². The number of hydrogen-bond acceptors (Lipinski definition) is 4. The molecule has 1 saturated carbocycles. The third-order valence-corrected chi connectivity index (χ3v) is 4.49. The molecule has 1 aromatic carbocycles. The van der Waals surface area contributed by atoms with Gasteiger partial charge in [0, 0.05) is 6.20 Å². The minimum atomic E-state index is -0.589. The van der Waals surface area contributed by atoms with E-state index in [9.17, 15) is 14.9 Å². The van der Waals surface area contributed by atoms with Gasteiger partial charge in [0.1, 0.15) is 0 Å². The maximum absolute atomic E-state index is 12.4. The number of H-pyrrole nitrogens is 1. The third-order valence-electron chi connectivity index (χ3n) is 4.19. The molecule has 1 aliphatic rings. The van der Waals surface area contributed by atoms with Gasteiger partial charge in [-0.3, -0.25) is 14.3 Å². The quantitative estimate of drug-likeness (QED) is 0.726. The van der Waals surface area contributed by atoms with Gasteiger partial charge in [0.05, 0.1) is 28.2 Å². The van der Waals surface area contributed by atoms with E-state index in [0.29, 0.717) is 22.7 Å². The number of benzene rings is 1. The molecule has 1 fully saturated rings. The predicted molar refractivity (Wildman–Crippen MR) is 89.7 cm³/mol. The number of halogens is 1. The van der Waals surface area contributed by atoms with Crippen molar-refractivity contribution in [3.8, 4) is 11.8 Å². The number of hydrogen-bond donors (Lipinski definition) is 1. The van der Waals surface area contributed by atoms with Gasteiger partial charge >= 0.3 is 5.69 Å². The van der Waals surface area contributed by atoms with Crippen molar-refractivity contribution in [2.24, 2.45) is 0 Å². The first-order chi connectivity index (χ1) is 11.6. The fourth-order valence-corrected chi connectivity index (χ4v) is 3.12. The second-order valence-corrected chi connectivity index (χ2v) is 6.11. The van der Waals surface area contributed by atoms with Crippen molar-refractivity contribution in [1.82, 2.24) is 14.5 Å². The van der Waals surface area contributed by atoms with Crippen LogP contribution < -0.4 is 11.2 Å². The van der Waals surface area contributed by atoms with E-state index >= 15 is 0 Å². The van der Waals surface area contributed by atoms with Crippen LogP contribution in [0.3, 0.4) is 0 Å². The average Bonchev–Trinajstić information content (AvgIpc) is 3.40. The Balaban J connectivity index is 2.16. The minimum Gasteiger partial charge on any atom is -0.273 e. The number of aromatic amines is 1. The molecule has 24 heavy (non-hydrogen) atoms. The molecule has 0 atom stereocenters. The highest BCUT2D eigenvalue weighted by molar-refractivity contribution is 6.31. The molecule has 1 N–H and O–H groups in total. The summed E-state index contributed by atoms with van der Waals surface area (Å²) in [5.41, 5.74) is 1.04. The molecule has 3 aromatic rings. The Labute approximate surface area is 141 Å². The number of aromatic nitrogens is 3. The molecule has 0 bridgehead atoms. The van der Waals surface area contributed by atoms with Crippen molar-refractivity contribution in [3.63, 3.8) is 0 Å². The Hall–Kier alpha value is -2.91. The third kappa shape index (κ3) is 2.22. The second-order valence-electron chi connectivity index (χ2n) is 5.75. The molecule has 0 unspecified atom stereocenters. The first kappa shape index (κ1) is 14.7. The highest BCUT2D eigenvalue weighted by Crippen LogP contribution is 2.42. The Bertz CT molecular complexity index is 1140. The number of nitriles is 1. The smallest absolute Gasteiger partial charge is 0.273 e. The molecule has 2 heterocycles. The van der Waals surface area contributed by atoms with Gasteiger partial charge in [0.15, 0.2) is 5.15 Å². The lowest BCUT2D eigenvalue weighted by Gasteiger charge is -2.12. The van der Waals surface area contributed by atoms with E-state index in [1.54, 1.807) is 24.3 Å². The maximum Gasteiger partial charge on any atom is 0.333 e. The summed E-state index contributed by atoms with van der Waals surface area (Å²) in [7, 11) is 0. The van der Waals surface area contributed by atoms with E-state index in [-0.39, 0.29) is 10.5 Å². The molecule has 1 aliphatic carbocycles. The van der Waals surface area contributed by atoms with Crippen LogP contribution in [0.2, 0.25) is 5.15 Å². The fourth-order valence-electron chi connectivity index (χ4n) is 2.91. The Morgan fingerprint density at radius 1 is 1.33 bits per heavy atom. The SMILES string of the molecule is N#Cc1cc2c(=O)[nH]c(=O)n(-c3cccnc3Cl)c2cc1C1CC1. The normalized spacial score (nSPS) is 13.8. The molecule has 118 valence electrons. The number of fused-ring (bicyclic) bond motifs is 1. The van der Waals surface area contributed by atoms with Crippen LogP contribution in [0, 0.1) is 11.3 Å². The van der Waals surface area contributed by atoms with Crippen LogP contribution >= 0.6 is 11.6 Å². The van der Waals surface area contributed by atoms with Crippen molar-refractivity contribution < 1.29 is 0 Å². The first-order valence-electron chi connectivity index (χ1n) is 7.44. The summed E-state index contributed by atoms with van der Waals surface area (Å²) >= 11 is 6.13. The largest absolute Gasteiger partial charge is 0.333 e. The van der Waals surface area contributed by atoms with E-state index in [4.69, 9.17) is 11.6 Å². The van der Waals surface area contributed by atoms with Crippen molar-refractivity contribution in [2.45, 2.75) is 18.8 Å². The van der Waals surface area contributed by atoms with Gasteiger partial charge < -0.3 is 0 Å². The van der Waals surface area contributed by atoms with Gasteiger partial charge in [-0.2, -0.15) is 5.26 Å². The Morgan fingerprint density at radius 2 is 2.12 bits per heavy atom. The van der Waals surface area contributed by atoms with Crippen molar-refractivity contribution >= 4 is 22.5 Å². The molecule has 0 spiro atoms. The van der Waals surface area contributed by atoms with Crippen LogP contribution in [-0.2, 0) is 0 Å². The lowest BCUT2D eigenvalue weighted by Crippen LogP contribution is -2.29. The van der Waals surface area contributed by atoms with Crippen molar-refractivity contribution in [1.29, 1.82) is 5.26 Å². The van der Waals surface area contributed by atoms with Crippen LogP contribution in [0.25, 0.3) is 16.6 Å². The molecular formula is C17H11ClN4O2. The van der Waals surface area contributed by atoms with E-state index in [0.717, 1.165) is 18.4 Å². The van der Waals surface area contributed by atoms with Gasteiger partial charge in [-0.1, -0.05) is 11.6 Å². The molecule has 0 radical (unpaired) electrons. The second kappa shape index (κ2) is 5.32. The molecule has 0 aliphatic heterocycles. The maximum atomic E-state index is 12.4. The van der Waals surface area contributed by atoms with E-state index in [1.807, 2.05) is 0 Å². The Kier molecular flexibility index (Phi) is 3.25. The van der Waals surface area contributed by atoms with Crippen LogP contribution in [0.15, 0.2) is 40.1 Å². The number of nitrogens with one attached hydrogen (secondary N) is 1. The van der Waals surface area contributed by atoms with Crippen molar-refractivity contribution in [2.75, 3.05) is 0 Å². The highest BCUT2D eigenvalue weighted by atomic mass is 35.5. The van der Waals surface area contributed by atoms with Gasteiger partial charge in [-0.15, -0.1) is 0 Å². The monoisotopic (exact) mass is 338 g/mol. The minimum absolute atomic E-state index is 0.158. The zero-order chi connectivity index (χ0) is 16.8. The standard InChI is InChI=1S/C17H11ClN4O2/c18-15-13(2-1-5-20-15)22-14-7-11(9-3-4-9)10(8-19)6-12(14)16(23)21-17(22)24/h1-2,5-7,9H,3-4H2,(H,21,23,24). The van der Waals surface area contributed by atoms with E-state index in [1.165, 1.54) is 10.8 Å². The first-order valence-corrected chi connectivity index (χ1v) is 7.82. The molecule has 4 rings (SSSR count). The fraction of sp³-hybridized carbons (Fsp3) is 0.176. The number of pyridine rings is 1. The molecule has 2 aromatic heterocycles. The Morgan fingerprint density at radius 3 is 2.79 bits per heavy atom. The molecule has 7 heteroatoms. The molecule has 0 saturated heterocycles. The zero-order valence-electron chi connectivity index (χ0n) is 12.4. The summed E-state index contributed by atoms with van der Waals surface area (Å²) in [6, 6.07) is 8.76. The van der Waals surface area contributed by atoms with Crippen LogP contribution in [0.4, 0.5) is 0 Å². The van der Waals surface area contributed by atoms with Crippen molar-refractivity contribution in [3.05, 3.63) is 67.6 Å². The van der Waals surface area contributed by atoms with Gasteiger partial charge in [0.25, 0.3) is 5.56 Å². The van der Waals surface area contributed by atoms with Gasteiger partial charge in [0.2, 0.25) is 0 Å². The highest BCUT2D eigenvalue weighted by Gasteiger charge is 2.27. The lowest BCUT2D eigenvalue weighted by atomic mass is 10.0. The molecule has 6 nitrogen and oxygen atoms in total. The average molecular weight is 339 g/mol. The zero-order valence-corrected chi connectivity index (χ0v) is 13.2. The number of nitrogens with zero attached hydrogens (tertiary/aromatic N) is 3. The van der Waals surface area contributed by atoms with Crippen LogP contribution in [0.1, 0.15) is 29.9 Å². The summed E-state index contributed by atoms with van der Waals surface area (Å²) in [5, 5.41) is 9.80. The van der Waals surface area contributed by atoms with Crippen LogP contribution in [0.5, 0.6) is 0 Å². The summed E-state index contributed by atoms with van der Waals surface area (Å²) in [4.78, 5) is 30.9. The number of rotatable bonds is 2. The van der Waals surface area contributed by atoms with E-state index in [2.05, 4.69) is 16.0 Å². The summed E-state index contributed by atoms with van der Waals surface area (Å²) in [6.07, 6.45) is 3.52. The topological polar surface area (TPSA) is 91.5 Å². The van der Waals surface area contributed by atoms with Gasteiger partial charge in [-0.25, -0.2) is 9.78 Å². The summed E-state index contributed by atoms with van der Waals surface area (Å²) in [6.45, 7) is 0. The molecule has 0 amide bonds. The summed E-state index contributed by atoms with van der Waals surface area (Å²) < 4.78 is 1.33. The summed E-state index contributed by atoms with van der Waals surface area (Å²) in [5.74, 6) is 0.302. The lowest BCUT2D eigenvalue weighted by molar-refractivity contribution is 0.933.